The van der Waals surface area contributed by atoms with Gasteiger partial charge in [0.1, 0.15) is 11.9 Å². The molecule has 1 atom stereocenters. The Labute approximate surface area is 99.4 Å². The lowest BCUT2D eigenvalue weighted by Gasteiger charge is -2.14. The van der Waals surface area contributed by atoms with Gasteiger partial charge in [0.2, 0.25) is 0 Å². The number of rotatable bonds is 2. The van der Waals surface area contributed by atoms with Crippen LogP contribution in [0.2, 0.25) is 0 Å². The van der Waals surface area contributed by atoms with Gasteiger partial charge in [-0.3, -0.25) is 4.98 Å². The molecule has 0 aliphatic carbocycles. The van der Waals surface area contributed by atoms with Crippen LogP contribution in [0.25, 0.3) is 10.9 Å². The summed E-state index contributed by atoms with van der Waals surface area (Å²) in [5.41, 5.74) is 1.74. The van der Waals surface area contributed by atoms with Crippen LogP contribution in [0, 0.1) is 0 Å². The van der Waals surface area contributed by atoms with Crippen LogP contribution in [-0.4, -0.2) is 16.7 Å². The molecule has 1 aliphatic heterocycles. The van der Waals surface area contributed by atoms with Crippen molar-refractivity contribution in [2.75, 3.05) is 6.61 Å². The predicted octanol–water partition coefficient (Wildman–Crippen LogP) is 2.57. The minimum Gasteiger partial charge on any atom is -0.495 e. The number of aromatic nitrogens is 1. The molecular weight excluding hydrogens is 214 g/mol. The Hall–Kier alpha value is -1.87. The van der Waals surface area contributed by atoms with Crippen LogP contribution in [0.5, 0.6) is 0 Å². The maximum atomic E-state index is 10.3. The van der Waals surface area contributed by atoms with E-state index in [0.29, 0.717) is 12.4 Å². The molecular formula is C14H13NO2. The Morgan fingerprint density at radius 1 is 1.24 bits per heavy atom. The molecule has 0 amide bonds. The van der Waals surface area contributed by atoms with Crippen LogP contribution < -0.4 is 0 Å². The molecule has 0 saturated heterocycles. The van der Waals surface area contributed by atoms with Crippen LogP contribution in [0.3, 0.4) is 0 Å². The molecule has 3 heteroatoms. The molecule has 0 fully saturated rings. The molecule has 17 heavy (non-hydrogen) atoms. The van der Waals surface area contributed by atoms with Gasteiger partial charge < -0.3 is 9.84 Å². The molecule has 1 N–H and O–H groups in total. The van der Waals surface area contributed by atoms with Crippen molar-refractivity contribution in [2.24, 2.45) is 0 Å². The summed E-state index contributed by atoms with van der Waals surface area (Å²) in [6, 6.07) is 9.61. The van der Waals surface area contributed by atoms with Gasteiger partial charge in [-0.25, -0.2) is 0 Å². The Kier molecular flexibility index (Phi) is 2.53. The highest BCUT2D eigenvalue weighted by Crippen LogP contribution is 2.30. The molecule has 2 heterocycles. The minimum atomic E-state index is -0.689. The second-order valence-corrected chi connectivity index (χ2v) is 4.06. The van der Waals surface area contributed by atoms with Crippen molar-refractivity contribution >= 4 is 10.9 Å². The van der Waals surface area contributed by atoms with Crippen LogP contribution >= 0.6 is 0 Å². The van der Waals surface area contributed by atoms with E-state index < -0.39 is 6.10 Å². The first-order valence-electron chi connectivity index (χ1n) is 5.71. The van der Waals surface area contributed by atoms with Crippen molar-refractivity contribution < 1.29 is 9.84 Å². The molecule has 1 unspecified atom stereocenters. The molecule has 3 nitrogen and oxygen atoms in total. The van der Waals surface area contributed by atoms with E-state index in [2.05, 4.69) is 4.98 Å². The van der Waals surface area contributed by atoms with Crippen LogP contribution in [0.15, 0.2) is 48.4 Å². The zero-order valence-electron chi connectivity index (χ0n) is 9.34. The van der Waals surface area contributed by atoms with Crippen molar-refractivity contribution in [3.8, 4) is 0 Å². The van der Waals surface area contributed by atoms with Crippen molar-refractivity contribution in [1.29, 1.82) is 0 Å². The van der Waals surface area contributed by atoms with E-state index >= 15 is 0 Å². The first-order chi connectivity index (χ1) is 8.36. The zero-order chi connectivity index (χ0) is 11.7. The number of aliphatic hydroxyl groups is 1. The molecule has 0 bridgehead atoms. The Balaban J connectivity index is 2.10. The number of ether oxygens (including phenoxy) is 1. The molecule has 1 aliphatic rings. The van der Waals surface area contributed by atoms with Gasteiger partial charge in [-0.1, -0.05) is 18.2 Å². The summed E-state index contributed by atoms with van der Waals surface area (Å²) in [5.74, 6) is 0.654. The quantitative estimate of drug-likeness (QED) is 0.857. The smallest absolute Gasteiger partial charge is 0.136 e. The minimum absolute atomic E-state index is 0.654. The fourth-order valence-corrected chi connectivity index (χ4v) is 2.15. The fraction of sp³-hybridized carbons (Fsp3) is 0.214. The van der Waals surface area contributed by atoms with Crippen molar-refractivity contribution in [1.82, 2.24) is 4.98 Å². The van der Waals surface area contributed by atoms with Crippen LogP contribution in [0.1, 0.15) is 18.1 Å². The van der Waals surface area contributed by atoms with E-state index in [1.807, 2.05) is 36.4 Å². The predicted molar refractivity (Wildman–Crippen MR) is 65.4 cm³/mol. The number of nitrogens with zero attached hydrogens (tertiary/aromatic N) is 1. The van der Waals surface area contributed by atoms with E-state index in [4.69, 9.17) is 4.74 Å². The highest BCUT2D eigenvalue weighted by molar-refractivity contribution is 5.82. The molecule has 1 aromatic heterocycles. The van der Waals surface area contributed by atoms with Gasteiger partial charge in [-0.05, 0) is 23.8 Å². The summed E-state index contributed by atoms with van der Waals surface area (Å²) in [4.78, 5) is 4.28. The molecule has 0 spiro atoms. The summed E-state index contributed by atoms with van der Waals surface area (Å²) in [5, 5.41) is 11.3. The molecule has 0 radical (unpaired) electrons. The Bertz CT molecular complexity index is 572. The molecule has 2 aromatic rings. The second kappa shape index (κ2) is 4.18. The largest absolute Gasteiger partial charge is 0.495 e. The fourth-order valence-electron chi connectivity index (χ4n) is 2.15. The SMILES string of the molecule is OC(C1=CCCO1)c1cccc2ncccc12. The number of aliphatic hydroxyl groups excluding tert-OH is 1. The van der Waals surface area contributed by atoms with Crippen molar-refractivity contribution in [2.45, 2.75) is 12.5 Å². The third kappa shape index (κ3) is 1.78. The summed E-state index contributed by atoms with van der Waals surface area (Å²) in [7, 11) is 0. The topological polar surface area (TPSA) is 42.4 Å². The number of fused-ring (bicyclic) bond motifs is 1. The molecule has 3 rings (SSSR count). The van der Waals surface area contributed by atoms with Gasteiger partial charge in [-0.2, -0.15) is 0 Å². The van der Waals surface area contributed by atoms with Gasteiger partial charge >= 0.3 is 0 Å². The number of hydrogen-bond donors (Lipinski definition) is 1. The van der Waals surface area contributed by atoms with Gasteiger partial charge in [0.05, 0.1) is 12.1 Å². The highest BCUT2D eigenvalue weighted by atomic mass is 16.5. The standard InChI is InChI=1S/C14H13NO2/c16-14(13-7-3-9-17-13)11-4-1-6-12-10(11)5-2-8-15-12/h1-2,4-8,14,16H,3,9H2. The average molecular weight is 227 g/mol. The first kappa shape index (κ1) is 10.3. The maximum absolute atomic E-state index is 10.3. The van der Waals surface area contributed by atoms with E-state index in [1.165, 1.54) is 0 Å². The third-order valence-corrected chi connectivity index (χ3v) is 2.98. The molecule has 0 saturated carbocycles. The first-order valence-corrected chi connectivity index (χ1v) is 5.71. The summed E-state index contributed by atoms with van der Waals surface area (Å²) in [6.45, 7) is 0.662. The van der Waals surface area contributed by atoms with E-state index in [9.17, 15) is 5.11 Å². The van der Waals surface area contributed by atoms with E-state index in [-0.39, 0.29) is 0 Å². The lowest BCUT2D eigenvalue weighted by atomic mass is 10.0. The van der Waals surface area contributed by atoms with Gasteiger partial charge in [-0.15, -0.1) is 0 Å². The second-order valence-electron chi connectivity index (χ2n) is 4.06. The lowest BCUT2D eigenvalue weighted by Crippen LogP contribution is -2.03. The Morgan fingerprint density at radius 3 is 3.00 bits per heavy atom. The summed E-state index contributed by atoms with van der Waals surface area (Å²) in [6.07, 6.45) is 3.88. The maximum Gasteiger partial charge on any atom is 0.136 e. The van der Waals surface area contributed by atoms with E-state index in [0.717, 1.165) is 22.9 Å². The Morgan fingerprint density at radius 2 is 2.18 bits per heavy atom. The normalized spacial score (nSPS) is 16.6. The number of benzene rings is 1. The van der Waals surface area contributed by atoms with Crippen LogP contribution in [0.4, 0.5) is 0 Å². The molecule has 1 aromatic carbocycles. The molecule has 86 valence electrons. The van der Waals surface area contributed by atoms with Gasteiger partial charge in [0, 0.05) is 18.0 Å². The monoisotopic (exact) mass is 227 g/mol. The highest BCUT2D eigenvalue weighted by Gasteiger charge is 2.19. The summed E-state index contributed by atoms with van der Waals surface area (Å²) >= 11 is 0. The van der Waals surface area contributed by atoms with E-state index in [1.54, 1.807) is 6.20 Å². The number of hydrogen-bond acceptors (Lipinski definition) is 3. The zero-order valence-corrected chi connectivity index (χ0v) is 9.34. The third-order valence-electron chi connectivity index (χ3n) is 2.98. The average Bonchev–Trinajstić information content (AvgIpc) is 2.91. The lowest BCUT2D eigenvalue weighted by molar-refractivity contribution is 0.120. The number of pyridine rings is 1. The van der Waals surface area contributed by atoms with Crippen molar-refractivity contribution in [3.05, 3.63) is 53.9 Å². The van der Waals surface area contributed by atoms with Gasteiger partial charge in [0.15, 0.2) is 0 Å². The van der Waals surface area contributed by atoms with Crippen LogP contribution in [-0.2, 0) is 4.74 Å². The van der Waals surface area contributed by atoms with Gasteiger partial charge in [0.25, 0.3) is 0 Å². The van der Waals surface area contributed by atoms with Crippen molar-refractivity contribution in [3.63, 3.8) is 0 Å². The summed E-state index contributed by atoms with van der Waals surface area (Å²) < 4.78 is 5.41.